The molecule has 0 atom stereocenters. The Morgan fingerprint density at radius 3 is 2.54 bits per heavy atom. The molecule has 0 N–H and O–H groups in total. The van der Waals surface area contributed by atoms with Gasteiger partial charge in [-0.15, -0.1) is 0 Å². The Labute approximate surface area is 160 Å². The predicted molar refractivity (Wildman–Crippen MR) is 98.4 cm³/mol. The third kappa shape index (κ3) is 4.69. The minimum Gasteiger partial charge on any atom is -0.439 e. The first-order valence-corrected chi connectivity index (χ1v) is 8.44. The molecule has 1 aromatic heterocycles. The monoisotopic (exact) mass is 380 g/mol. The number of amides is 1. The second-order valence-corrected chi connectivity index (χ2v) is 5.86. The van der Waals surface area contributed by atoms with Crippen molar-refractivity contribution in [1.29, 1.82) is 5.26 Å². The number of ether oxygens (including phenoxy) is 2. The molecular weight excluding hydrogens is 364 g/mol. The molecule has 1 aromatic carbocycles. The summed E-state index contributed by atoms with van der Waals surface area (Å²) in [7, 11) is 0. The van der Waals surface area contributed by atoms with Gasteiger partial charge in [0.1, 0.15) is 23.6 Å². The molecule has 1 aliphatic rings. The molecule has 1 amide bonds. The van der Waals surface area contributed by atoms with Gasteiger partial charge in [0.15, 0.2) is 0 Å². The molecule has 0 aliphatic carbocycles. The fourth-order valence-electron chi connectivity index (χ4n) is 2.54. The first kappa shape index (κ1) is 19.0. The average molecular weight is 380 g/mol. The van der Waals surface area contributed by atoms with E-state index in [2.05, 4.69) is 4.98 Å². The second kappa shape index (κ2) is 8.75. The van der Waals surface area contributed by atoms with Crippen LogP contribution in [0.4, 0.5) is 5.69 Å². The van der Waals surface area contributed by atoms with Crippen LogP contribution >= 0.6 is 0 Å². The number of nitriles is 1. The van der Waals surface area contributed by atoms with Gasteiger partial charge in [-0.05, 0) is 23.8 Å². The van der Waals surface area contributed by atoms with Crippen molar-refractivity contribution in [2.45, 2.75) is 0 Å². The molecule has 3 rings (SSSR count). The van der Waals surface area contributed by atoms with Gasteiger partial charge < -0.3 is 14.4 Å². The van der Waals surface area contributed by atoms with Crippen molar-refractivity contribution in [3.05, 3.63) is 63.8 Å². The van der Waals surface area contributed by atoms with Crippen molar-refractivity contribution in [3.8, 4) is 17.7 Å². The first-order chi connectivity index (χ1) is 13.6. The highest BCUT2D eigenvalue weighted by Crippen LogP contribution is 2.22. The maximum Gasteiger partial charge on any atom is 0.287 e. The summed E-state index contributed by atoms with van der Waals surface area (Å²) in [5, 5.41) is 20.0. The van der Waals surface area contributed by atoms with E-state index >= 15 is 0 Å². The Morgan fingerprint density at radius 1 is 1.25 bits per heavy atom. The molecule has 9 nitrogen and oxygen atoms in total. The summed E-state index contributed by atoms with van der Waals surface area (Å²) >= 11 is 0. The molecule has 1 saturated heterocycles. The summed E-state index contributed by atoms with van der Waals surface area (Å²) in [5.41, 5.74) is 0.594. The van der Waals surface area contributed by atoms with Gasteiger partial charge in [-0.1, -0.05) is 12.1 Å². The summed E-state index contributed by atoms with van der Waals surface area (Å²) in [6, 6.07) is 11.4. The van der Waals surface area contributed by atoms with Crippen LogP contribution in [0.3, 0.4) is 0 Å². The average Bonchev–Trinajstić information content (AvgIpc) is 2.73. The van der Waals surface area contributed by atoms with Crippen molar-refractivity contribution in [2.24, 2.45) is 0 Å². The number of carbonyl (C=O) groups is 1. The zero-order valence-electron chi connectivity index (χ0n) is 14.8. The van der Waals surface area contributed by atoms with Crippen molar-refractivity contribution in [1.82, 2.24) is 9.88 Å². The van der Waals surface area contributed by atoms with Gasteiger partial charge in [0.05, 0.1) is 18.1 Å². The topological polar surface area (TPSA) is 119 Å². The standard InChI is InChI=1S/C19H16N4O5/c20-12-15(19(24)22-7-9-27-10-8-22)11-14-1-4-17(5-2-14)28-18-6-3-16(13-21-18)23(25)26/h1-6,11,13H,7-10H2/b15-11-. The number of morpholine rings is 1. The van der Waals surface area contributed by atoms with Crippen molar-refractivity contribution in [3.63, 3.8) is 0 Å². The highest BCUT2D eigenvalue weighted by Gasteiger charge is 2.20. The van der Waals surface area contributed by atoms with Crippen LogP contribution in [0.2, 0.25) is 0 Å². The Balaban J connectivity index is 1.68. The summed E-state index contributed by atoms with van der Waals surface area (Å²) in [4.78, 5) is 28.0. The van der Waals surface area contributed by atoms with Gasteiger partial charge in [0, 0.05) is 25.2 Å². The van der Waals surface area contributed by atoms with E-state index in [4.69, 9.17) is 9.47 Å². The van der Waals surface area contributed by atoms with Crippen LogP contribution in [0.15, 0.2) is 48.2 Å². The van der Waals surface area contributed by atoms with Gasteiger partial charge in [0.2, 0.25) is 5.88 Å². The van der Waals surface area contributed by atoms with E-state index in [9.17, 15) is 20.2 Å². The van der Waals surface area contributed by atoms with E-state index in [0.29, 0.717) is 37.6 Å². The van der Waals surface area contributed by atoms with Crippen LogP contribution < -0.4 is 4.74 Å². The molecule has 2 aromatic rings. The Hall–Kier alpha value is -3.77. The molecule has 0 unspecified atom stereocenters. The van der Waals surface area contributed by atoms with Crippen LogP contribution in [0.1, 0.15) is 5.56 Å². The van der Waals surface area contributed by atoms with Crippen molar-refractivity contribution in [2.75, 3.05) is 26.3 Å². The second-order valence-electron chi connectivity index (χ2n) is 5.86. The summed E-state index contributed by atoms with van der Waals surface area (Å²) in [6.07, 6.45) is 2.63. The number of aromatic nitrogens is 1. The smallest absolute Gasteiger partial charge is 0.287 e. The van der Waals surface area contributed by atoms with E-state index in [-0.39, 0.29) is 23.0 Å². The lowest BCUT2D eigenvalue weighted by molar-refractivity contribution is -0.385. The lowest BCUT2D eigenvalue weighted by Gasteiger charge is -2.26. The van der Waals surface area contributed by atoms with Gasteiger partial charge >= 0.3 is 0 Å². The van der Waals surface area contributed by atoms with Gasteiger partial charge in [-0.3, -0.25) is 14.9 Å². The molecule has 9 heteroatoms. The zero-order valence-corrected chi connectivity index (χ0v) is 14.8. The maximum absolute atomic E-state index is 12.4. The largest absolute Gasteiger partial charge is 0.439 e. The third-order valence-electron chi connectivity index (χ3n) is 3.99. The van der Waals surface area contributed by atoms with Gasteiger partial charge in [0.25, 0.3) is 11.6 Å². The Morgan fingerprint density at radius 2 is 1.96 bits per heavy atom. The Kier molecular flexibility index (Phi) is 5.94. The van der Waals surface area contributed by atoms with E-state index < -0.39 is 4.92 Å². The normalized spacial score (nSPS) is 14.2. The van der Waals surface area contributed by atoms with Gasteiger partial charge in [-0.2, -0.15) is 5.26 Å². The van der Waals surface area contributed by atoms with E-state index in [1.54, 1.807) is 29.2 Å². The molecule has 0 radical (unpaired) electrons. The van der Waals surface area contributed by atoms with Crippen molar-refractivity contribution < 1.29 is 19.2 Å². The van der Waals surface area contributed by atoms with Crippen LogP contribution in [0, 0.1) is 21.4 Å². The molecule has 1 aliphatic heterocycles. The quantitative estimate of drug-likeness (QED) is 0.338. The van der Waals surface area contributed by atoms with Crippen LogP contribution in [0.5, 0.6) is 11.6 Å². The molecular formula is C19H16N4O5. The lowest BCUT2D eigenvalue weighted by Crippen LogP contribution is -2.41. The number of rotatable bonds is 5. The van der Waals surface area contributed by atoms with Crippen LogP contribution in [-0.2, 0) is 9.53 Å². The summed E-state index contributed by atoms with van der Waals surface area (Å²) in [6.45, 7) is 1.86. The molecule has 1 fully saturated rings. The number of nitrogens with zero attached hydrogens (tertiary/aromatic N) is 4. The minimum atomic E-state index is -0.539. The number of hydrogen-bond acceptors (Lipinski definition) is 7. The lowest BCUT2D eigenvalue weighted by atomic mass is 10.1. The molecule has 142 valence electrons. The predicted octanol–water partition coefficient (Wildman–Crippen LogP) is 2.55. The number of carbonyl (C=O) groups excluding carboxylic acids is 1. The highest BCUT2D eigenvalue weighted by molar-refractivity contribution is 6.01. The fraction of sp³-hybridized carbons (Fsp3) is 0.211. The van der Waals surface area contributed by atoms with Crippen LogP contribution in [-0.4, -0.2) is 47.0 Å². The molecule has 0 saturated carbocycles. The SMILES string of the molecule is N#C/C(=C/c1ccc(Oc2ccc([N+](=O)[O-])cn2)cc1)C(=O)N1CCOCC1. The van der Waals surface area contributed by atoms with Crippen molar-refractivity contribution >= 4 is 17.7 Å². The van der Waals surface area contributed by atoms with Gasteiger partial charge in [-0.25, -0.2) is 4.98 Å². The molecule has 0 spiro atoms. The molecule has 0 bridgehead atoms. The third-order valence-corrected chi connectivity index (χ3v) is 3.99. The number of benzene rings is 1. The summed E-state index contributed by atoms with van der Waals surface area (Å²) < 4.78 is 10.7. The summed E-state index contributed by atoms with van der Waals surface area (Å²) in [5.74, 6) is 0.367. The highest BCUT2D eigenvalue weighted by atomic mass is 16.6. The maximum atomic E-state index is 12.4. The first-order valence-electron chi connectivity index (χ1n) is 8.44. The zero-order chi connectivity index (χ0) is 19.9. The number of hydrogen-bond donors (Lipinski definition) is 0. The molecule has 2 heterocycles. The fourth-order valence-corrected chi connectivity index (χ4v) is 2.54. The van der Waals surface area contributed by atoms with E-state index in [1.807, 2.05) is 6.07 Å². The molecule has 28 heavy (non-hydrogen) atoms. The number of pyridine rings is 1. The number of nitro groups is 1. The van der Waals surface area contributed by atoms with Crippen LogP contribution in [0.25, 0.3) is 6.08 Å². The van der Waals surface area contributed by atoms with E-state index in [0.717, 1.165) is 6.20 Å². The van der Waals surface area contributed by atoms with E-state index in [1.165, 1.54) is 18.2 Å². The minimum absolute atomic E-state index is 0.0487. The Bertz CT molecular complexity index is 926.